The number of carbonyl (C=O) groups is 2. The molecule has 2 amide bonds. The second-order valence-corrected chi connectivity index (χ2v) is 7.30. The highest BCUT2D eigenvalue weighted by Gasteiger charge is 2.27. The van der Waals surface area contributed by atoms with Crippen molar-refractivity contribution in [3.05, 3.63) is 24.3 Å². The van der Waals surface area contributed by atoms with Gasteiger partial charge in [-0.2, -0.15) is 5.26 Å². The number of benzene rings is 1. The van der Waals surface area contributed by atoms with Crippen LogP contribution in [-0.4, -0.2) is 40.3 Å². The summed E-state index contributed by atoms with van der Waals surface area (Å²) in [7, 11) is 0. The third-order valence-electron chi connectivity index (χ3n) is 3.97. The number of anilines is 1. The summed E-state index contributed by atoms with van der Waals surface area (Å²) in [4.78, 5) is 26.0. The van der Waals surface area contributed by atoms with Crippen LogP contribution >= 0.6 is 11.8 Å². The van der Waals surface area contributed by atoms with Gasteiger partial charge in [0, 0.05) is 29.7 Å². The molecule has 0 radical (unpaired) electrons. The standard InChI is InChI=1S/C17H21N3O3S/c1-12(6-9-18)24-15-5-3-2-4-14(15)19-17(23)20-10-7-13(8-11-20)16(21)22/h2-5,12-13H,6-8,10-11H2,1H3,(H,19,23)(H,21,22). The molecule has 0 aromatic heterocycles. The van der Waals surface area contributed by atoms with Crippen LogP contribution in [0.1, 0.15) is 26.2 Å². The van der Waals surface area contributed by atoms with Gasteiger partial charge in [-0.15, -0.1) is 11.8 Å². The van der Waals surface area contributed by atoms with E-state index in [0.29, 0.717) is 32.4 Å². The summed E-state index contributed by atoms with van der Waals surface area (Å²) in [6, 6.07) is 9.45. The monoisotopic (exact) mass is 347 g/mol. The van der Waals surface area contributed by atoms with Gasteiger partial charge in [0.2, 0.25) is 0 Å². The van der Waals surface area contributed by atoms with Crippen molar-refractivity contribution in [1.82, 2.24) is 4.90 Å². The van der Waals surface area contributed by atoms with Crippen molar-refractivity contribution in [2.75, 3.05) is 18.4 Å². The van der Waals surface area contributed by atoms with Crippen LogP contribution in [0.4, 0.5) is 10.5 Å². The number of para-hydroxylation sites is 1. The van der Waals surface area contributed by atoms with E-state index in [4.69, 9.17) is 10.4 Å². The Bertz CT molecular complexity index is 636. The molecule has 24 heavy (non-hydrogen) atoms. The maximum Gasteiger partial charge on any atom is 0.321 e. The summed E-state index contributed by atoms with van der Waals surface area (Å²) in [6.07, 6.45) is 1.41. The lowest BCUT2D eigenvalue weighted by Crippen LogP contribution is -2.42. The fraction of sp³-hybridized carbons (Fsp3) is 0.471. The molecular formula is C17H21N3O3S. The van der Waals surface area contributed by atoms with Crippen molar-refractivity contribution in [1.29, 1.82) is 5.26 Å². The predicted octanol–water partition coefficient (Wildman–Crippen LogP) is 3.41. The Morgan fingerprint density at radius 3 is 2.71 bits per heavy atom. The minimum atomic E-state index is -0.789. The topological polar surface area (TPSA) is 93.4 Å². The minimum absolute atomic E-state index is 0.138. The number of nitriles is 1. The van der Waals surface area contributed by atoms with E-state index < -0.39 is 5.97 Å². The summed E-state index contributed by atoms with van der Waals surface area (Å²) in [5, 5.41) is 20.8. The molecule has 6 nitrogen and oxygen atoms in total. The molecule has 0 saturated carbocycles. The number of aliphatic carboxylic acids is 1. The zero-order valence-corrected chi connectivity index (χ0v) is 14.4. The molecule has 1 aromatic rings. The first kappa shape index (κ1) is 18.1. The number of hydrogen-bond acceptors (Lipinski definition) is 4. The molecule has 2 N–H and O–H groups in total. The molecule has 1 unspecified atom stereocenters. The van der Waals surface area contributed by atoms with E-state index in [1.54, 1.807) is 16.7 Å². The van der Waals surface area contributed by atoms with E-state index in [-0.39, 0.29) is 17.2 Å². The van der Waals surface area contributed by atoms with E-state index in [9.17, 15) is 9.59 Å². The summed E-state index contributed by atoms with van der Waals surface area (Å²) in [5.41, 5.74) is 0.720. The van der Waals surface area contributed by atoms with E-state index in [1.165, 1.54) is 0 Å². The van der Waals surface area contributed by atoms with Gasteiger partial charge >= 0.3 is 12.0 Å². The van der Waals surface area contributed by atoms with Crippen LogP contribution in [0.15, 0.2) is 29.2 Å². The van der Waals surface area contributed by atoms with Crippen LogP contribution in [0, 0.1) is 17.2 Å². The lowest BCUT2D eigenvalue weighted by molar-refractivity contribution is -0.143. The number of amides is 2. The fourth-order valence-electron chi connectivity index (χ4n) is 2.58. The van der Waals surface area contributed by atoms with Crippen LogP contribution in [0.3, 0.4) is 0 Å². The molecule has 2 rings (SSSR count). The summed E-state index contributed by atoms with van der Waals surface area (Å²) >= 11 is 1.55. The normalized spacial score (nSPS) is 16.2. The van der Waals surface area contributed by atoms with Gasteiger partial charge < -0.3 is 15.3 Å². The average Bonchev–Trinajstić information content (AvgIpc) is 2.57. The molecule has 1 fully saturated rings. The van der Waals surface area contributed by atoms with Crippen LogP contribution in [0.2, 0.25) is 0 Å². The number of nitrogens with one attached hydrogen (secondary N) is 1. The van der Waals surface area contributed by atoms with Gasteiger partial charge in [-0.1, -0.05) is 19.1 Å². The molecule has 0 aliphatic carbocycles. The van der Waals surface area contributed by atoms with Gasteiger partial charge in [-0.05, 0) is 25.0 Å². The van der Waals surface area contributed by atoms with Crippen molar-refractivity contribution < 1.29 is 14.7 Å². The molecule has 0 spiro atoms. The highest BCUT2D eigenvalue weighted by molar-refractivity contribution is 8.00. The Balaban J connectivity index is 1.97. The zero-order valence-electron chi connectivity index (χ0n) is 13.6. The second-order valence-electron chi connectivity index (χ2n) is 5.82. The van der Waals surface area contributed by atoms with E-state index in [1.807, 2.05) is 31.2 Å². The van der Waals surface area contributed by atoms with Crippen LogP contribution in [0.25, 0.3) is 0 Å². The highest BCUT2D eigenvalue weighted by atomic mass is 32.2. The molecule has 128 valence electrons. The van der Waals surface area contributed by atoms with Crippen LogP contribution in [-0.2, 0) is 4.79 Å². The molecule has 1 heterocycles. The molecule has 1 aliphatic heterocycles. The SMILES string of the molecule is CC(CC#N)Sc1ccccc1NC(=O)N1CCC(C(=O)O)CC1. The number of carboxylic acids is 1. The number of hydrogen-bond donors (Lipinski definition) is 2. The maximum atomic E-state index is 12.4. The van der Waals surface area contributed by atoms with Crippen molar-refractivity contribution in [2.24, 2.45) is 5.92 Å². The predicted molar refractivity (Wildman–Crippen MR) is 92.9 cm³/mol. The Labute approximate surface area is 145 Å². The van der Waals surface area contributed by atoms with E-state index in [0.717, 1.165) is 10.6 Å². The zero-order chi connectivity index (χ0) is 17.5. The number of rotatable bonds is 5. The number of nitrogens with zero attached hydrogens (tertiary/aromatic N) is 2. The molecule has 1 saturated heterocycles. The number of thioether (sulfide) groups is 1. The molecule has 1 aromatic carbocycles. The highest BCUT2D eigenvalue weighted by Crippen LogP contribution is 2.31. The Morgan fingerprint density at radius 1 is 1.42 bits per heavy atom. The van der Waals surface area contributed by atoms with E-state index in [2.05, 4.69) is 11.4 Å². The van der Waals surface area contributed by atoms with E-state index >= 15 is 0 Å². The number of urea groups is 1. The smallest absolute Gasteiger partial charge is 0.321 e. The van der Waals surface area contributed by atoms with Crippen molar-refractivity contribution in [3.63, 3.8) is 0 Å². The second kappa shape index (κ2) is 8.60. The fourth-order valence-corrected chi connectivity index (χ4v) is 3.58. The van der Waals surface area contributed by atoms with Crippen molar-refractivity contribution in [3.8, 4) is 6.07 Å². The molecule has 0 bridgehead atoms. The number of likely N-dealkylation sites (tertiary alicyclic amines) is 1. The lowest BCUT2D eigenvalue weighted by atomic mass is 9.97. The van der Waals surface area contributed by atoms with Crippen LogP contribution < -0.4 is 5.32 Å². The maximum absolute atomic E-state index is 12.4. The molecular weight excluding hydrogens is 326 g/mol. The summed E-state index contributed by atoms with van der Waals surface area (Å²) in [6.45, 7) is 2.87. The molecule has 1 aliphatic rings. The Morgan fingerprint density at radius 2 is 2.08 bits per heavy atom. The first-order chi connectivity index (χ1) is 11.5. The van der Waals surface area contributed by atoms with Gasteiger partial charge in [-0.3, -0.25) is 4.79 Å². The lowest BCUT2D eigenvalue weighted by Gasteiger charge is -2.30. The number of carboxylic acid groups (broad SMARTS) is 1. The first-order valence-electron chi connectivity index (χ1n) is 7.92. The third kappa shape index (κ3) is 4.90. The summed E-state index contributed by atoms with van der Waals surface area (Å²) in [5.74, 6) is -1.15. The van der Waals surface area contributed by atoms with Gasteiger partial charge in [0.25, 0.3) is 0 Å². The third-order valence-corrected chi connectivity index (χ3v) is 5.15. The summed E-state index contributed by atoms with van der Waals surface area (Å²) < 4.78 is 0. The largest absolute Gasteiger partial charge is 0.481 e. The first-order valence-corrected chi connectivity index (χ1v) is 8.80. The van der Waals surface area contributed by atoms with Crippen molar-refractivity contribution in [2.45, 2.75) is 36.3 Å². The van der Waals surface area contributed by atoms with Crippen molar-refractivity contribution >= 4 is 29.4 Å². The number of carbonyl (C=O) groups excluding carboxylic acids is 1. The molecule has 7 heteroatoms. The van der Waals surface area contributed by atoms with Crippen LogP contribution in [0.5, 0.6) is 0 Å². The average molecular weight is 347 g/mol. The number of piperidine rings is 1. The molecule has 1 atom stereocenters. The van der Waals surface area contributed by atoms with Gasteiger partial charge in [0.05, 0.1) is 17.7 Å². The van der Waals surface area contributed by atoms with Gasteiger partial charge in [-0.25, -0.2) is 4.79 Å². The van der Waals surface area contributed by atoms with Gasteiger partial charge in [0.1, 0.15) is 0 Å². The Hall–Kier alpha value is -2.20. The quantitative estimate of drug-likeness (QED) is 0.796. The Kier molecular flexibility index (Phi) is 6.50. The minimum Gasteiger partial charge on any atom is -0.481 e. The van der Waals surface area contributed by atoms with Gasteiger partial charge in [0.15, 0.2) is 0 Å².